The fourth-order valence-electron chi connectivity index (χ4n) is 4.03. The van der Waals surface area contributed by atoms with Crippen molar-refractivity contribution in [2.75, 3.05) is 5.32 Å². The number of carbonyl (C=O) groups excluding carboxylic acids is 2. The van der Waals surface area contributed by atoms with Crippen molar-refractivity contribution >= 4 is 28.2 Å². The van der Waals surface area contributed by atoms with Crippen LogP contribution in [0.1, 0.15) is 70.0 Å². The van der Waals surface area contributed by atoms with Crippen LogP contribution in [-0.2, 0) is 12.0 Å². The monoisotopic (exact) mass is 385 g/mol. The minimum atomic E-state index is -0.503. The predicted molar refractivity (Wildman–Crippen MR) is 111 cm³/mol. The summed E-state index contributed by atoms with van der Waals surface area (Å²) < 4.78 is 0. The lowest BCUT2D eigenvalue weighted by Gasteiger charge is -2.42. The summed E-state index contributed by atoms with van der Waals surface area (Å²) in [6.07, 6.45) is 0.680. The maximum atomic E-state index is 12.9. The summed E-state index contributed by atoms with van der Waals surface area (Å²) in [4.78, 5) is 26.2. The average molecular weight is 386 g/mol. The number of rotatable bonds is 3. The molecule has 2 heterocycles. The molecule has 0 aliphatic carbocycles. The maximum absolute atomic E-state index is 12.9. The highest BCUT2D eigenvalue weighted by molar-refractivity contribution is 7.17. The fraction of sp³-hybridized carbons (Fsp3) is 0.429. The van der Waals surface area contributed by atoms with Crippen molar-refractivity contribution in [2.45, 2.75) is 59.0 Å². The molecule has 0 unspecified atom stereocenters. The third-order valence-electron chi connectivity index (χ3n) is 4.96. The Kier molecular flexibility index (Phi) is 4.68. The summed E-state index contributed by atoms with van der Waals surface area (Å²) in [5.74, 6) is -0.723. The molecule has 0 bridgehead atoms. The van der Waals surface area contributed by atoms with E-state index in [4.69, 9.17) is 5.73 Å². The highest BCUT2D eigenvalue weighted by Crippen LogP contribution is 2.45. The second-order valence-corrected chi connectivity index (χ2v) is 9.58. The molecular weight excluding hydrogens is 358 g/mol. The number of carbonyl (C=O) groups is 2. The maximum Gasteiger partial charge on any atom is 0.256 e. The molecule has 1 aromatic heterocycles. The first-order valence-electron chi connectivity index (χ1n) is 9.05. The van der Waals surface area contributed by atoms with E-state index in [0.29, 0.717) is 22.5 Å². The van der Waals surface area contributed by atoms with Gasteiger partial charge in [-0.05, 0) is 65.2 Å². The van der Waals surface area contributed by atoms with Gasteiger partial charge in [0.25, 0.3) is 11.8 Å². The molecule has 0 fully saturated rings. The van der Waals surface area contributed by atoms with Gasteiger partial charge >= 0.3 is 0 Å². The van der Waals surface area contributed by atoms with Crippen LogP contribution in [0, 0.1) is 13.8 Å². The van der Waals surface area contributed by atoms with Crippen LogP contribution in [0.15, 0.2) is 18.2 Å². The Morgan fingerprint density at radius 1 is 1.19 bits per heavy atom. The number of hydrogen-bond acceptors (Lipinski definition) is 4. The van der Waals surface area contributed by atoms with Crippen LogP contribution in [-0.4, -0.2) is 17.4 Å². The summed E-state index contributed by atoms with van der Waals surface area (Å²) in [5, 5.41) is 7.10. The molecule has 0 atom stereocenters. The lowest BCUT2D eigenvalue weighted by atomic mass is 9.81. The van der Waals surface area contributed by atoms with E-state index >= 15 is 0 Å². The van der Waals surface area contributed by atoms with Crippen LogP contribution in [0.4, 0.5) is 5.00 Å². The standard InChI is InChI=1S/C21H27N3O2S/c1-11-7-8-12(2)13(9-11)18(26)23-19-15(17(22)25)14-10-20(3,4)24-21(5,6)16(14)27-19/h7-9,24H,10H2,1-6H3,(H2,22,25)(H,23,26). The summed E-state index contributed by atoms with van der Waals surface area (Å²) in [6.45, 7) is 12.2. The minimum absolute atomic E-state index is 0.170. The number of nitrogens with one attached hydrogen (secondary N) is 2. The van der Waals surface area contributed by atoms with E-state index in [1.807, 2.05) is 32.0 Å². The molecule has 6 heteroatoms. The van der Waals surface area contributed by atoms with E-state index < -0.39 is 5.91 Å². The minimum Gasteiger partial charge on any atom is -0.365 e. The second kappa shape index (κ2) is 6.46. The zero-order chi connectivity index (χ0) is 20.1. The van der Waals surface area contributed by atoms with Gasteiger partial charge in [-0.15, -0.1) is 11.3 Å². The van der Waals surface area contributed by atoms with Crippen molar-refractivity contribution in [3.63, 3.8) is 0 Å². The third kappa shape index (κ3) is 3.64. The molecule has 0 radical (unpaired) electrons. The average Bonchev–Trinajstić information content (AvgIpc) is 2.86. The molecule has 3 rings (SSSR count). The lowest BCUT2D eigenvalue weighted by Crippen LogP contribution is -2.55. The van der Waals surface area contributed by atoms with Crippen molar-refractivity contribution in [1.82, 2.24) is 5.32 Å². The molecule has 2 amide bonds. The molecule has 1 aliphatic rings. The summed E-state index contributed by atoms with van der Waals surface area (Å²) in [7, 11) is 0. The largest absolute Gasteiger partial charge is 0.365 e. The van der Waals surface area contributed by atoms with Crippen LogP contribution >= 0.6 is 11.3 Å². The van der Waals surface area contributed by atoms with Crippen LogP contribution in [0.5, 0.6) is 0 Å². The zero-order valence-corrected chi connectivity index (χ0v) is 17.6. The third-order valence-corrected chi connectivity index (χ3v) is 6.43. The number of hydrogen-bond donors (Lipinski definition) is 3. The number of fused-ring (bicyclic) bond motifs is 1. The van der Waals surface area contributed by atoms with Crippen molar-refractivity contribution in [1.29, 1.82) is 0 Å². The van der Waals surface area contributed by atoms with Crippen molar-refractivity contribution in [3.05, 3.63) is 50.9 Å². The molecule has 4 N–H and O–H groups in total. The predicted octanol–water partition coefficient (Wildman–Crippen LogP) is 3.88. The quantitative estimate of drug-likeness (QED) is 0.750. The van der Waals surface area contributed by atoms with Gasteiger partial charge in [-0.3, -0.25) is 9.59 Å². The molecule has 0 saturated carbocycles. The zero-order valence-electron chi connectivity index (χ0n) is 16.7. The summed E-state index contributed by atoms with van der Waals surface area (Å²) in [6, 6.07) is 5.76. The van der Waals surface area contributed by atoms with Crippen LogP contribution < -0.4 is 16.4 Å². The molecule has 1 aromatic carbocycles. The van der Waals surface area contributed by atoms with Crippen molar-refractivity contribution in [3.8, 4) is 0 Å². The first-order valence-corrected chi connectivity index (χ1v) is 9.87. The Bertz CT molecular complexity index is 941. The Labute approximate surface area is 164 Å². The highest BCUT2D eigenvalue weighted by atomic mass is 32.1. The van der Waals surface area contributed by atoms with Gasteiger partial charge in [0.15, 0.2) is 0 Å². The molecule has 5 nitrogen and oxygen atoms in total. The number of amides is 2. The van der Waals surface area contributed by atoms with E-state index in [-0.39, 0.29) is 17.0 Å². The van der Waals surface area contributed by atoms with Gasteiger partial charge < -0.3 is 16.4 Å². The van der Waals surface area contributed by atoms with E-state index in [9.17, 15) is 9.59 Å². The normalized spacial score (nSPS) is 17.3. The van der Waals surface area contributed by atoms with E-state index in [1.54, 1.807) is 0 Å². The van der Waals surface area contributed by atoms with Crippen LogP contribution in [0.25, 0.3) is 0 Å². The van der Waals surface area contributed by atoms with E-state index in [0.717, 1.165) is 21.6 Å². The smallest absolute Gasteiger partial charge is 0.256 e. The number of benzene rings is 1. The fourth-order valence-corrected chi connectivity index (χ4v) is 5.30. The van der Waals surface area contributed by atoms with Crippen LogP contribution in [0.3, 0.4) is 0 Å². The Balaban J connectivity index is 2.07. The van der Waals surface area contributed by atoms with Gasteiger partial charge in [0, 0.05) is 21.5 Å². The van der Waals surface area contributed by atoms with Gasteiger partial charge in [0.1, 0.15) is 5.00 Å². The number of primary amides is 1. The first kappa shape index (κ1) is 19.6. The molecule has 0 saturated heterocycles. The summed E-state index contributed by atoms with van der Waals surface area (Å²) >= 11 is 1.44. The number of nitrogens with two attached hydrogens (primary N) is 1. The summed E-state index contributed by atoms with van der Waals surface area (Å²) in [5.41, 5.74) is 9.14. The SMILES string of the molecule is Cc1ccc(C)c(C(=O)Nc2sc3c(c2C(N)=O)CC(C)(C)NC3(C)C)c1. The number of thiophene rings is 1. The van der Waals surface area contributed by atoms with E-state index in [2.05, 4.69) is 38.3 Å². The molecule has 0 spiro atoms. The van der Waals surface area contributed by atoms with Gasteiger partial charge in [-0.1, -0.05) is 17.7 Å². The first-order chi connectivity index (χ1) is 12.4. The molecule has 2 aromatic rings. The number of anilines is 1. The lowest BCUT2D eigenvalue weighted by molar-refractivity contribution is 0.0999. The highest BCUT2D eigenvalue weighted by Gasteiger charge is 2.41. The Hall–Kier alpha value is -2.18. The van der Waals surface area contributed by atoms with Gasteiger partial charge in [-0.2, -0.15) is 0 Å². The molecular formula is C21H27N3O2S. The van der Waals surface area contributed by atoms with Crippen molar-refractivity contribution < 1.29 is 9.59 Å². The van der Waals surface area contributed by atoms with Gasteiger partial charge in [0.2, 0.25) is 0 Å². The van der Waals surface area contributed by atoms with E-state index in [1.165, 1.54) is 11.3 Å². The van der Waals surface area contributed by atoms with Crippen LogP contribution in [0.2, 0.25) is 0 Å². The Morgan fingerprint density at radius 2 is 1.85 bits per heavy atom. The van der Waals surface area contributed by atoms with Gasteiger partial charge in [0.05, 0.1) is 5.56 Å². The molecule has 1 aliphatic heterocycles. The second-order valence-electron chi connectivity index (χ2n) is 8.56. The Morgan fingerprint density at radius 3 is 2.48 bits per heavy atom. The van der Waals surface area contributed by atoms with Crippen molar-refractivity contribution in [2.24, 2.45) is 5.73 Å². The molecule has 144 valence electrons. The van der Waals surface area contributed by atoms with Gasteiger partial charge in [-0.25, -0.2) is 0 Å². The topological polar surface area (TPSA) is 84.2 Å². The number of aryl methyl sites for hydroxylation is 2. The molecule has 27 heavy (non-hydrogen) atoms.